The zero-order valence-electron chi connectivity index (χ0n) is 17.3. The number of hydrogen-bond donors (Lipinski definition) is 1. The molecule has 2 saturated carbocycles. The lowest BCUT2D eigenvalue weighted by Gasteiger charge is -2.30. The van der Waals surface area contributed by atoms with Crippen LogP contribution in [0, 0.1) is 11.8 Å². The summed E-state index contributed by atoms with van der Waals surface area (Å²) in [4.78, 5) is 29.9. The minimum atomic E-state index is 0.0414. The molecule has 0 bridgehead atoms. The molecule has 29 heavy (non-hydrogen) atoms. The summed E-state index contributed by atoms with van der Waals surface area (Å²) in [5.41, 5.74) is 0.795. The van der Waals surface area contributed by atoms with Crippen LogP contribution in [0.2, 0.25) is 0 Å². The summed E-state index contributed by atoms with van der Waals surface area (Å²) in [6.07, 6.45) is 14.3. The molecule has 2 fully saturated rings. The second kappa shape index (κ2) is 9.55. The fourth-order valence-corrected chi connectivity index (χ4v) is 5.04. The Hall–Kier alpha value is -2.17. The molecule has 0 aliphatic heterocycles. The summed E-state index contributed by atoms with van der Waals surface area (Å²) in [5.74, 6) is 0.850. The molecule has 5 nitrogen and oxygen atoms in total. The van der Waals surface area contributed by atoms with Crippen LogP contribution in [-0.2, 0) is 11.3 Å². The van der Waals surface area contributed by atoms with E-state index in [1.807, 2.05) is 24.3 Å². The van der Waals surface area contributed by atoms with E-state index in [0.29, 0.717) is 23.9 Å². The van der Waals surface area contributed by atoms with Crippen LogP contribution in [0.1, 0.15) is 70.6 Å². The molecule has 0 spiro atoms. The molecule has 0 atom stereocenters. The highest BCUT2D eigenvalue weighted by Gasteiger charge is 2.28. The third-order valence-electron chi connectivity index (χ3n) is 6.86. The van der Waals surface area contributed by atoms with E-state index in [2.05, 4.69) is 10.3 Å². The number of aromatic nitrogens is 2. The number of carbonyl (C=O) groups excluding carboxylic acids is 1. The molecule has 0 saturated heterocycles. The first-order chi connectivity index (χ1) is 14.2. The first kappa shape index (κ1) is 20.1. The van der Waals surface area contributed by atoms with Gasteiger partial charge in [-0.2, -0.15) is 0 Å². The zero-order valence-corrected chi connectivity index (χ0v) is 17.3. The lowest BCUT2D eigenvalue weighted by atomic mass is 9.81. The lowest BCUT2D eigenvalue weighted by molar-refractivity contribution is -0.127. The highest BCUT2D eigenvalue weighted by Crippen LogP contribution is 2.30. The average Bonchev–Trinajstić information content (AvgIpc) is 2.72. The van der Waals surface area contributed by atoms with Crippen LogP contribution in [0.5, 0.6) is 0 Å². The average molecular weight is 396 g/mol. The van der Waals surface area contributed by atoms with Gasteiger partial charge >= 0.3 is 0 Å². The van der Waals surface area contributed by atoms with Gasteiger partial charge in [0.05, 0.1) is 17.2 Å². The molecule has 0 unspecified atom stereocenters. The van der Waals surface area contributed by atoms with Gasteiger partial charge in [0.1, 0.15) is 0 Å². The second-order valence-electron chi connectivity index (χ2n) is 8.99. The molecule has 1 heterocycles. The monoisotopic (exact) mass is 395 g/mol. The number of fused-ring (bicyclic) bond motifs is 1. The molecule has 2 aliphatic carbocycles. The second-order valence-corrected chi connectivity index (χ2v) is 8.99. The van der Waals surface area contributed by atoms with Crippen molar-refractivity contribution in [1.82, 2.24) is 14.9 Å². The van der Waals surface area contributed by atoms with Crippen molar-refractivity contribution >= 4 is 16.8 Å². The van der Waals surface area contributed by atoms with E-state index in [-0.39, 0.29) is 17.4 Å². The smallest absolute Gasteiger partial charge is 0.261 e. The fourth-order valence-electron chi connectivity index (χ4n) is 5.04. The molecule has 0 radical (unpaired) electrons. The van der Waals surface area contributed by atoms with Crippen LogP contribution in [0.4, 0.5) is 0 Å². The largest absolute Gasteiger partial charge is 0.353 e. The van der Waals surface area contributed by atoms with Crippen LogP contribution in [0.3, 0.4) is 0 Å². The highest BCUT2D eigenvalue weighted by atomic mass is 16.2. The number of para-hydroxylation sites is 1. The molecule has 4 rings (SSSR count). The Kier molecular flexibility index (Phi) is 6.63. The van der Waals surface area contributed by atoms with Crippen LogP contribution in [-0.4, -0.2) is 21.5 Å². The summed E-state index contributed by atoms with van der Waals surface area (Å²) in [6, 6.07) is 7.89. The van der Waals surface area contributed by atoms with Crippen molar-refractivity contribution in [2.45, 2.75) is 83.2 Å². The van der Waals surface area contributed by atoms with Gasteiger partial charge in [-0.25, -0.2) is 4.98 Å². The maximum Gasteiger partial charge on any atom is 0.261 e. The third-order valence-corrected chi connectivity index (χ3v) is 6.86. The lowest BCUT2D eigenvalue weighted by Crippen LogP contribution is -2.40. The number of hydrogen-bond acceptors (Lipinski definition) is 3. The van der Waals surface area contributed by atoms with Crippen molar-refractivity contribution in [1.29, 1.82) is 0 Å². The molecule has 2 aromatic rings. The number of amides is 1. The van der Waals surface area contributed by atoms with Gasteiger partial charge < -0.3 is 5.32 Å². The van der Waals surface area contributed by atoms with Gasteiger partial charge in [-0.05, 0) is 56.6 Å². The topological polar surface area (TPSA) is 64.0 Å². The maximum absolute atomic E-state index is 12.8. The number of carbonyl (C=O) groups is 1. The highest BCUT2D eigenvalue weighted by molar-refractivity contribution is 5.79. The Morgan fingerprint density at radius 1 is 0.966 bits per heavy atom. The number of benzene rings is 1. The SMILES string of the molecule is O=C(NC1CCCCCCC1)C1CCC(Cn2cnc3ccccc3c2=O)CC1. The van der Waals surface area contributed by atoms with Crippen LogP contribution < -0.4 is 10.9 Å². The van der Waals surface area contributed by atoms with Crippen molar-refractivity contribution in [2.75, 3.05) is 0 Å². The van der Waals surface area contributed by atoms with E-state index < -0.39 is 0 Å². The van der Waals surface area contributed by atoms with Crippen molar-refractivity contribution in [3.63, 3.8) is 0 Å². The quantitative estimate of drug-likeness (QED) is 0.833. The van der Waals surface area contributed by atoms with Gasteiger partial charge in [0.25, 0.3) is 5.56 Å². The number of nitrogens with one attached hydrogen (secondary N) is 1. The Bertz CT molecular complexity index is 875. The van der Waals surface area contributed by atoms with Gasteiger partial charge in [0.2, 0.25) is 5.91 Å². The van der Waals surface area contributed by atoms with E-state index in [1.54, 1.807) is 10.9 Å². The van der Waals surface area contributed by atoms with Crippen molar-refractivity contribution in [3.05, 3.63) is 40.9 Å². The van der Waals surface area contributed by atoms with Gasteiger partial charge in [-0.15, -0.1) is 0 Å². The van der Waals surface area contributed by atoms with Crippen molar-refractivity contribution < 1.29 is 4.79 Å². The minimum absolute atomic E-state index is 0.0414. The normalized spacial score (nSPS) is 24.0. The van der Waals surface area contributed by atoms with Crippen LogP contribution >= 0.6 is 0 Å². The Morgan fingerprint density at radius 3 is 2.41 bits per heavy atom. The summed E-state index contributed by atoms with van der Waals surface area (Å²) in [6.45, 7) is 0.702. The molecule has 5 heteroatoms. The van der Waals surface area contributed by atoms with Crippen molar-refractivity contribution in [2.24, 2.45) is 11.8 Å². The van der Waals surface area contributed by atoms with E-state index >= 15 is 0 Å². The summed E-state index contributed by atoms with van der Waals surface area (Å²) in [5, 5.41) is 4.03. The molecule has 1 N–H and O–H groups in total. The Morgan fingerprint density at radius 2 is 1.66 bits per heavy atom. The summed E-state index contributed by atoms with van der Waals surface area (Å²) in [7, 11) is 0. The van der Waals surface area contributed by atoms with E-state index in [9.17, 15) is 9.59 Å². The van der Waals surface area contributed by atoms with Gasteiger partial charge in [-0.1, -0.05) is 44.2 Å². The summed E-state index contributed by atoms with van der Waals surface area (Å²) >= 11 is 0. The predicted octanol–water partition coefficient (Wildman–Crippen LogP) is 4.43. The van der Waals surface area contributed by atoms with Crippen LogP contribution in [0.15, 0.2) is 35.4 Å². The molecule has 1 amide bonds. The fraction of sp³-hybridized carbons (Fsp3) is 0.625. The molecule has 1 aromatic heterocycles. The molecule has 2 aliphatic rings. The number of rotatable bonds is 4. The first-order valence-corrected chi connectivity index (χ1v) is 11.5. The Labute approximate surface area is 172 Å². The minimum Gasteiger partial charge on any atom is -0.353 e. The predicted molar refractivity (Wildman–Crippen MR) is 116 cm³/mol. The molecule has 1 aromatic carbocycles. The maximum atomic E-state index is 12.8. The van der Waals surface area contributed by atoms with Gasteiger partial charge in [-0.3, -0.25) is 14.2 Å². The Balaban J connectivity index is 1.29. The third kappa shape index (κ3) is 5.06. The van der Waals surface area contributed by atoms with E-state index in [0.717, 1.165) is 44.0 Å². The molecule has 156 valence electrons. The van der Waals surface area contributed by atoms with Crippen LogP contribution in [0.25, 0.3) is 10.9 Å². The summed E-state index contributed by atoms with van der Waals surface area (Å²) < 4.78 is 1.75. The number of nitrogens with zero attached hydrogens (tertiary/aromatic N) is 2. The van der Waals surface area contributed by atoms with Crippen molar-refractivity contribution in [3.8, 4) is 0 Å². The van der Waals surface area contributed by atoms with E-state index in [1.165, 1.54) is 32.1 Å². The van der Waals surface area contributed by atoms with Gasteiger partial charge in [0, 0.05) is 18.5 Å². The standard InChI is InChI=1S/C24H33N3O2/c28-23(26-20-8-4-2-1-3-5-9-20)19-14-12-18(13-15-19)16-27-17-25-22-11-7-6-10-21(22)24(27)29/h6-7,10-11,17-20H,1-5,8-9,12-16H2,(H,26,28). The van der Waals surface area contributed by atoms with Gasteiger partial charge in [0.15, 0.2) is 0 Å². The molecular weight excluding hydrogens is 362 g/mol. The van der Waals surface area contributed by atoms with E-state index in [4.69, 9.17) is 0 Å². The zero-order chi connectivity index (χ0) is 20.1. The first-order valence-electron chi connectivity index (χ1n) is 11.5. The molecular formula is C24H33N3O2.